The lowest BCUT2D eigenvalue weighted by Crippen LogP contribution is -2.42. The first kappa shape index (κ1) is 17.7. The number of hydrogen-bond acceptors (Lipinski definition) is 4. The zero-order chi connectivity index (χ0) is 17.4. The Morgan fingerprint density at radius 1 is 1.08 bits per heavy atom. The van der Waals surface area contributed by atoms with Crippen LogP contribution < -0.4 is 20.1 Å². The Morgan fingerprint density at radius 3 is 2.38 bits per heavy atom. The van der Waals surface area contributed by atoms with E-state index in [1.807, 2.05) is 49.4 Å². The molecule has 1 amide bonds. The summed E-state index contributed by atoms with van der Waals surface area (Å²) in [5.74, 6) is 1.09. The lowest BCUT2D eigenvalue weighted by Gasteiger charge is -2.16. The topological polar surface area (TPSA) is 59.6 Å². The van der Waals surface area contributed by atoms with Gasteiger partial charge in [0.2, 0.25) is 0 Å². The number of hydrogen-bond donors (Lipinski definition) is 2. The fourth-order valence-electron chi connectivity index (χ4n) is 1.93. The van der Waals surface area contributed by atoms with Gasteiger partial charge >= 0.3 is 0 Å². The third-order valence-corrected chi connectivity index (χ3v) is 3.29. The van der Waals surface area contributed by atoms with Crippen LogP contribution in [-0.2, 0) is 4.79 Å². The maximum Gasteiger partial charge on any atom is 0.266 e. The molecule has 1 atom stereocenters. The van der Waals surface area contributed by atoms with E-state index in [1.165, 1.54) is 0 Å². The molecule has 0 fully saturated rings. The molecule has 6 heteroatoms. The van der Waals surface area contributed by atoms with Crippen molar-refractivity contribution in [3.63, 3.8) is 0 Å². The Morgan fingerprint density at radius 2 is 1.75 bits per heavy atom. The van der Waals surface area contributed by atoms with Crippen LogP contribution in [0.4, 0.5) is 5.69 Å². The summed E-state index contributed by atoms with van der Waals surface area (Å²) >= 11 is 5.15. The number of para-hydroxylation sites is 1. The average Bonchev–Trinajstić information content (AvgIpc) is 2.57. The quantitative estimate of drug-likeness (QED) is 0.787. The predicted molar refractivity (Wildman–Crippen MR) is 98.5 cm³/mol. The maximum absolute atomic E-state index is 12.1. The van der Waals surface area contributed by atoms with Gasteiger partial charge in [-0.3, -0.25) is 10.1 Å². The largest absolute Gasteiger partial charge is 0.494 e. The summed E-state index contributed by atoms with van der Waals surface area (Å²) in [5, 5.41) is 5.78. The van der Waals surface area contributed by atoms with Gasteiger partial charge < -0.3 is 14.8 Å². The van der Waals surface area contributed by atoms with E-state index < -0.39 is 6.10 Å². The summed E-state index contributed by atoms with van der Waals surface area (Å²) in [6, 6.07) is 16.5. The second kappa shape index (κ2) is 8.88. The number of amides is 1. The van der Waals surface area contributed by atoms with Gasteiger partial charge in [-0.25, -0.2) is 0 Å². The number of anilines is 1. The molecule has 24 heavy (non-hydrogen) atoms. The molecule has 0 bridgehead atoms. The molecular weight excluding hydrogens is 324 g/mol. The van der Waals surface area contributed by atoms with E-state index in [2.05, 4.69) is 10.6 Å². The zero-order valence-corrected chi connectivity index (χ0v) is 14.4. The molecule has 0 radical (unpaired) electrons. The van der Waals surface area contributed by atoms with Crippen molar-refractivity contribution in [2.24, 2.45) is 0 Å². The summed E-state index contributed by atoms with van der Waals surface area (Å²) in [7, 11) is 0. The van der Waals surface area contributed by atoms with Crippen molar-refractivity contribution in [2.75, 3.05) is 11.9 Å². The highest BCUT2D eigenvalue weighted by molar-refractivity contribution is 7.80. The normalized spacial score (nSPS) is 11.2. The number of carbonyl (C=O) groups is 1. The fraction of sp³-hybridized carbons (Fsp3) is 0.222. The average molecular weight is 344 g/mol. The summed E-state index contributed by atoms with van der Waals surface area (Å²) in [6.45, 7) is 4.21. The number of benzene rings is 2. The zero-order valence-electron chi connectivity index (χ0n) is 13.6. The van der Waals surface area contributed by atoms with Crippen LogP contribution in [0.5, 0.6) is 11.5 Å². The minimum Gasteiger partial charge on any atom is -0.494 e. The van der Waals surface area contributed by atoms with E-state index in [0.29, 0.717) is 12.4 Å². The van der Waals surface area contributed by atoms with Crippen LogP contribution in [0.3, 0.4) is 0 Å². The van der Waals surface area contributed by atoms with Crippen molar-refractivity contribution >= 4 is 28.9 Å². The number of thiocarbonyl (C=S) groups is 1. The molecule has 0 aliphatic carbocycles. The van der Waals surface area contributed by atoms with Crippen LogP contribution in [0.25, 0.3) is 0 Å². The number of ether oxygens (including phenoxy) is 2. The van der Waals surface area contributed by atoms with Crippen LogP contribution >= 0.6 is 12.2 Å². The molecule has 1 unspecified atom stereocenters. The predicted octanol–water partition coefficient (Wildman–Crippen LogP) is 3.37. The highest BCUT2D eigenvalue weighted by Gasteiger charge is 2.15. The molecule has 2 N–H and O–H groups in total. The monoisotopic (exact) mass is 344 g/mol. The summed E-state index contributed by atoms with van der Waals surface area (Å²) in [5.41, 5.74) is 0.764. The molecule has 2 aromatic carbocycles. The second-order valence-corrected chi connectivity index (χ2v) is 5.38. The molecule has 2 rings (SSSR count). The van der Waals surface area contributed by atoms with Gasteiger partial charge in [0.15, 0.2) is 11.2 Å². The van der Waals surface area contributed by atoms with Crippen LogP contribution in [0.1, 0.15) is 13.8 Å². The molecule has 2 aromatic rings. The first-order valence-electron chi connectivity index (χ1n) is 7.65. The highest BCUT2D eigenvalue weighted by Crippen LogP contribution is 2.15. The van der Waals surface area contributed by atoms with E-state index in [1.54, 1.807) is 19.1 Å². The Kier molecular flexibility index (Phi) is 6.57. The third-order valence-electron chi connectivity index (χ3n) is 3.09. The lowest BCUT2D eigenvalue weighted by molar-refractivity contribution is -0.125. The minimum atomic E-state index is -0.660. The number of carbonyl (C=O) groups excluding carboxylic acids is 1. The number of nitrogens with one attached hydrogen (secondary N) is 2. The van der Waals surface area contributed by atoms with Crippen LogP contribution in [0, 0.1) is 0 Å². The minimum absolute atomic E-state index is 0.215. The van der Waals surface area contributed by atoms with Crippen molar-refractivity contribution in [1.82, 2.24) is 5.32 Å². The van der Waals surface area contributed by atoms with Crippen molar-refractivity contribution in [3.8, 4) is 11.5 Å². The molecule has 0 aromatic heterocycles. The molecule has 5 nitrogen and oxygen atoms in total. The van der Waals surface area contributed by atoms with Gasteiger partial charge in [-0.15, -0.1) is 0 Å². The third kappa shape index (κ3) is 5.55. The van der Waals surface area contributed by atoms with E-state index in [-0.39, 0.29) is 11.0 Å². The van der Waals surface area contributed by atoms with Gasteiger partial charge in [0, 0.05) is 5.69 Å². The van der Waals surface area contributed by atoms with Crippen LogP contribution in [-0.4, -0.2) is 23.7 Å². The van der Waals surface area contributed by atoms with Gasteiger partial charge in [0.25, 0.3) is 5.91 Å². The first-order valence-corrected chi connectivity index (χ1v) is 8.05. The Bertz CT molecular complexity index is 674. The van der Waals surface area contributed by atoms with Crippen LogP contribution in [0.15, 0.2) is 54.6 Å². The Labute approximate surface area is 147 Å². The molecule has 0 spiro atoms. The van der Waals surface area contributed by atoms with Crippen molar-refractivity contribution in [3.05, 3.63) is 54.6 Å². The highest BCUT2D eigenvalue weighted by atomic mass is 32.1. The molecule has 0 aliphatic rings. The standard InChI is InChI=1S/C18H20N2O3S/c1-3-22-15-11-9-14(10-12-15)19-18(24)20-17(21)13(2)23-16-7-5-4-6-8-16/h4-13H,3H2,1-2H3,(H2,19,20,21,24). The van der Waals surface area contributed by atoms with Gasteiger partial charge in [-0.1, -0.05) is 18.2 Å². The van der Waals surface area contributed by atoms with Gasteiger partial charge in [0.05, 0.1) is 6.61 Å². The molecule has 0 heterocycles. The van der Waals surface area contributed by atoms with E-state index in [4.69, 9.17) is 21.7 Å². The summed E-state index contributed by atoms with van der Waals surface area (Å²) < 4.78 is 10.9. The van der Waals surface area contributed by atoms with E-state index in [0.717, 1.165) is 11.4 Å². The maximum atomic E-state index is 12.1. The molecule has 0 saturated carbocycles. The molecular formula is C18H20N2O3S. The Balaban J connectivity index is 1.83. The van der Waals surface area contributed by atoms with Crippen molar-refractivity contribution < 1.29 is 14.3 Å². The van der Waals surface area contributed by atoms with E-state index >= 15 is 0 Å². The first-order chi connectivity index (χ1) is 11.6. The molecule has 0 saturated heterocycles. The SMILES string of the molecule is CCOc1ccc(NC(=S)NC(=O)C(C)Oc2ccccc2)cc1. The van der Waals surface area contributed by atoms with E-state index in [9.17, 15) is 4.79 Å². The van der Waals surface area contributed by atoms with Crippen molar-refractivity contribution in [1.29, 1.82) is 0 Å². The summed E-state index contributed by atoms with van der Waals surface area (Å²) in [4.78, 5) is 12.1. The molecule has 0 aliphatic heterocycles. The second-order valence-electron chi connectivity index (χ2n) is 4.97. The Hall–Kier alpha value is -2.60. The summed E-state index contributed by atoms with van der Waals surface area (Å²) in [6.07, 6.45) is -0.660. The van der Waals surface area contributed by atoms with Crippen LogP contribution in [0.2, 0.25) is 0 Å². The van der Waals surface area contributed by atoms with Gasteiger partial charge in [-0.05, 0) is 62.5 Å². The van der Waals surface area contributed by atoms with Gasteiger partial charge in [-0.2, -0.15) is 0 Å². The smallest absolute Gasteiger partial charge is 0.266 e. The lowest BCUT2D eigenvalue weighted by atomic mass is 10.3. The molecule has 126 valence electrons. The van der Waals surface area contributed by atoms with Crippen molar-refractivity contribution in [2.45, 2.75) is 20.0 Å². The fourth-order valence-corrected chi connectivity index (χ4v) is 2.15. The van der Waals surface area contributed by atoms with Gasteiger partial charge in [0.1, 0.15) is 11.5 Å². The number of rotatable bonds is 6.